The Bertz CT molecular complexity index is 915. The molecule has 5 nitrogen and oxygen atoms in total. The molecule has 5 heteroatoms. The molecule has 0 spiro atoms. The maximum Gasteiger partial charge on any atom is 0.251 e. The normalized spacial score (nSPS) is 15.7. The van der Waals surface area contributed by atoms with Gasteiger partial charge in [0.1, 0.15) is 5.76 Å². The van der Waals surface area contributed by atoms with E-state index in [9.17, 15) is 4.79 Å². The van der Waals surface area contributed by atoms with Gasteiger partial charge in [-0.2, -0.15) is 0 Å². The van der Waals surface area contributed by atoms with Crippen molar-refractivity contribution in [3.8, 4) is 0 Å². The molecule has 0 radical (unpaired) electrons. The highest BCUT2D eigenvalue weighted by Gasteiger charge is 2.20. The predicted molar refractivity (Wildman–Crippen MR) is 120 cm³/mol. The fraction of sp³-hybridized carbons (Fsp3) is 0.320. The van der Waals surface area contributed by atoms with Crippen LogP contribution in [0.15, 0.2) is 77.4 Å². The lowest BCUT2D eigenvalue weighted by Crippen LogP contribution is -2.42. The highest BCUT2D eigenvalue weighted by Crippen LogP contribution is 2.21. The van der Waals surface area contributed by atoms with Gasteiger partial charge >= 0.3 is 0 Å². The van der Waals surface area contributed by atoms with Crippen molar-refractivity contribution in [3.05, 3.63) is 89.9 Å². The van der Waals surface area contributed by atoms with E-state index in [0.717, 1.165) is 43.8 Å². The van der Waals surface area contributed by atoms with Crippen molar-refractivity contribution in [2.75, 3.05) is 18.0 Å². The summed E-state index contributed by atoms with van der Waals surface area (Å²) >= 11 is 0. The number of carbonyl (C=O) groups is 1. The smallest absolute Gasteiger partial charge is 0.251 e. The van der Waals surface area contributed by atoms with Crippen LogP contribution in [0.3, 0.4) is 0 Å². The number of rotatable bonds is 7. The Morgan fingerprint density at radius 3 is 2.43 bits per heavy atom. The van der Waals surface area contributed by atoms with Crippen molar-refractivity contribution >= 4 is 11.6 Å². The zero-order chi connectivity index (χ0) is 20.8. The summed E-state index contributed by atoms with van der Waals surface area (Å²) in [6.07, 6.45) is 3.90. The molecule has 2 N–H and O–H groups in total. The Labute approximate surface area is 178 Å². The quantitative estimate of drug-likeness (QED) is 0.609. The number of piperidine rings is 1. The van der Waals surface area contributed by atoms with Crippen LogP contribution in [-0.2, 0) is 6.54 Å². The van der Waals surface area contributed by atoms with Crippen LogP contribution in [0.25, 0.3) is 0 Å². The standard InChI is InChI=1S/C25H29N3O2/c1-19(20-6-3-2-4-7-20)27-25(29)21-9-11-23(12-10-21)28-15-13-22(14-16-28)26-18-24-8-5-17-30-24/h2-12,17,19,22,26H,13-16,18H2,1H3,(H,27,29)/t19-/m0/s1. The van der Waals surface area contributed by atoms with Gasteiger partial charge in [0.2, 0.25) is 0 Å². The minimum atomic E-state index is -0.0428. The van der Waals surface area contributed by atoms with E-state index in [2.05, 4.69) is 27.7 Å². The van der Waals surface area contributed by atoms with Gasteiger partial charge in [-0.25, -0.2) is 0 Å². The van der Waals surface area contributed by atoms with E-state index in [1.165, 1.54) is 5.69 Å². The summed E-state index contributed by atoms with van der Waals surface area (Å²) in [5, 5.41) is 6.65. The average Bonchev–Trinajstić information content (AvgIpc) is 3.32. The van der Waals surface area contributed by atoms with Crippen LogP contribution in [0.5, 0.6) is 0 Å². The first-order valence-corrected chi connectivity index (χ1v) is 10.7. The van der Waals surface area contributed by atoms with E-state index in [4.69, 9.17) is 4.42 Å². The number of hydrogen-bond donors (Lipinski definition) is 2. The monoisotopic (exact) mass is 403 g/mol. The molecule has 0 bridgehead atoms. The molecular formula is C25H29N3O2. The average molecular weight is 404 g/mol. The second-order valence-corrected chi connectivity index (χ2v) is 7.87. The second kappa shape index (κ2) is 9.63. The van der Waals surface area contributed by atoms with E-state index in [-0.39, 0.29) is 11.9 Å². The van der Waals surface area contributed by atoms with E-state index < -0.39 is 0 Å². The molecule has 156 valence electrons. The maximum atomic E-state index is 12.6. The van der Waals surface area contributed by atoms with Gasteiger partial charge in [-0.05, 0) is 61.7 Å². The minimum absolute atomic E-state index is 0.0221. The van der Waals surface area contributed by atoms with Gasteiger partial charge in [0.25, 0.3) is 5.91 Å². The summed E-state index contributed by atoms with van der Waals surface area (Å²) in [4.78, 5) is 15.0. The number of hydrogen-bond acceptors (Lipinski definition) is 4. The summed E-state index contributed by atoms with van der Waals surface area (Å²) in [7, 11) is 0. The third-order valence-corrected chi connectivity index (χ3v) is 5.78. The van der Waals surface area contributed by atoms with Crippen molar-refractivity contribution in [1.82, 2.24) is 10.6 Å². The van der Waals surface area contributed by atoms with E-state index in [1.807, 2.05) is 61.5 Å². The van der Waals surface area contributed by atoms with Gasteiger partial charge in [0.15, 0.2) is 0 Å². The zero-order valence-electron chi connectivity index (χ0n) is 17.4. The number of nitrogens with zero attached hydrogens (tertiary/aromatic N) is 1. The van der Waals surface area contributed by atoms with Gasteiger partial charge in [-0.1, -0.05) is 30.3 Å². The molecule has 2 heterocycles. The van der Waals surface area contributed by atoms with Crippen LogP contribution < -0.4 is 15.5 Å². The van der Waals surface area contributed by atoms with Crippen LogP contribution in [0.2, 0.25) is 0 Å². The molecule has 0 aliphatic carbocycles. The fourth-order valence-electron chi connectivity index (χ4n) is 3.93. The van der Waals surface area contributed by atoms with Crippen molar-refractivity contribution in [1.29, 1.82) is 0 Å². The summed E-state index contributed by atoms with van der Waals surface area (Å²) in [6.45, 7) is 4.80. The Balaban J connectivity index is 1.27. The fourth-order valence-corrected chi connectivity index (χ4v) is 3.93. The van der Waals surface area contributed by atoms with E-state index in [1.54, 1.807) is 6.26 Å². The highest BCUT2D eigenvalue weighted by molar-refractivity contribution is 5.94. The molecule has 4 rings (SSSR count). The molecule has 0 saturated carbocycles. The highest BCUT2D eigenvalue weighted by atomic mass is 16.3. The van der Waals surface area contributed by atoms with E-state index >= 15 is 0 Å². The second-order valence-electron chi connectivity index (χ2n) is 7.87. The van der Waals surface area contributed by atoms with Gasteiger partial charge in [-0.3, -0.25) is 4.79 Å². The van der Waals surface area contributed by atoms with Crippen LogP contribution >= 0.6 is 0 Å². The number of nitrogens with one attached hydrogen (secondary N) is 2. The number of carbonyl (C=O) groups excluding carboxylic acids is 1. The molecule has 1 saturated heterocycles. The largest absolute Gasteiger partial charge is 0.468 e. The predicted octanol–water partition coefficient (Wildman–Crippen LogP) is 4.53. The molecule has 1 aliphatic rings. The number of amides is 1. The minimum Gasteiger partial charge on any atom is -0.468 e. The van der Waals surface area contributed by atoms with Gasteiger partial charge in [0.05, 0.1) is 18.8 Å². The molecule has 2 aromatic carbocycles. The molecular weight excluding hydrogens is 374 g/mol. The third kappa shape index (κ3) is 5.10. The maximum absolute atomic E-state index is 12.6. The van der Waals surface area contributed by atoms with Crippen molar-refractivity contribution in [3.63, 3.8) is 0 Å². The van der Waals surface area contributed by atoms with Gasteiger partial charge < -0.3 is 20.0 Å². The van der Waals surface area contributed by atoms with Crippen LogP contribution in [0.4, 0.5) is 5.69 Å². The van der Waals surface area contributed by atoms with Crippen molar-refractivity contribution < 1.29 is 9.21 Å². The summed E-state index contributed by atoms with van der Waals surface area (Å²) in [6, 6.07) is 22.4. The number of benzene rings is 2. The summed E-state index contributed by atoms with van der Waals surface area (Å²) < 4.78 is 5.39. The lowest BCUT2D eigenvalue weighted by atomic mass is 10.0. The van der Waals surface area contributed by atoms with Crippen LogP contribution in [0, 0.1) is 0 Å². The summed E-state index contributed by atoms with van der Waals surface area (Å²) in [5.74, 6) is 0.937. The first-order valence-electron chi connectivity index (χ1n) is 10.7. The lowest BCUT2D eigenvalue weighted by molar-refractivity contribution is 0.0940. The molecule has 3 aromatic rings. The van der Waals surface area contributed by atoms with Gasteiger partial charge in [0, 0.05) is 30.4 Å². The van der Waals surface area contributed by atoms with Crippen LogP contribution in [0.1, 0.15) is 47.5 Å². The Kier molecular flexibility index (Phi) is 6.50. The summed E-state index contributed by atoms with van der Waals surface area (Å²) in [5.41, 5.74) is 2.97. The Morgan fingerprint density at radius 1 is 1.03 bits per heavy atom. The first kappa shape index (κ1) is 20.2. The van der Waals surface area contributed by atoms with Crippen molar-refractivity contribution in [2.24, 2.45) is 0 Å². The molecule has 1 aliphatic heterocycles. The zero-order valence-corrected chi connectivity index (χ0v) is 17.4. The molecule has 0 unspecified atom stereocenters. The third-order valence-electron chi connectivity index (χ3n) is 5.78. The molecule has 1 fully saturated rings. The van der Waals surface area contributed by atoms with Gasteiger partial charge in [-0.15, -0.1) is 0 Å². The number of anilines is 1. The molecule has 1 atom stereocenters. The Hall–Kier alpha value is -3.05. The molecule has 30 heavy (non-hydrogen) atoms. The SMILES string of the molecule is C[C@H](NC(=O)c1ccc(N2CCC(NCc3ccco3)CC2)cc1)c1ccccc1. The van der Waals surface area contributed by atoms with Crippen molar-refractivity contribution in [2.45, 2.75) is 38.4 Å². The van der Waals surface area contributed by atoms with Crippen LogP contribution in [-0.4, -0.2) is 25.0 Å². The molecule has 1 amide bonds. The van der Waals surface area contributed by atoms with E-state index in [0.29, 0.717) is 11.6 Å². The molecule has 1 aromatic heterocycles. The Morgan fingerprint density at radius 2 is 1.77 bits per heavy atom. The number of furan rings is 1. The first-order chi connectivity index (χ1) is 14.7. The topological polar surface area (TPSA) is 57.5 Å². The lowest BCUT2D eigenvalue weighted by Gasteiger charge is -2.34.